The largest absolute Gasteiger partial charge is 0.295 e. The van der Waals surface area contributed by atoms with Gasteiger partial charge in [0.1, 0.15) is 5.69 Å². The highest BCUT2D eigenvalue weighted by Crippen LogP contribution is 2.23. The van der Waals surface area contributed by atoms with E-state index in [0.717, 1.165) is 0 Å². The van der Waals surface area contributed by atoms with Crippen LogP contribution in [0.25, 0.3) is 0 Å². The Hall–Kier alpha value is -1.49. The van der Waals surface area contributed by atoms with Crippen molar-refractivity contribution in [1.82, 2.24) is 15.4 Å². The molecule has 1 aromatic heterocycles. The maximum absolute atomic E-state index is 11.5. The lowest BCUT2D eigenvalue weighted by molar-refractivity contribution is 0.0103. The SMILES string of the molecule is O=C(NOCC1CCCCC1)c1cnccn1. The van der Waals surface area contributed by atoms with Gasteiger partial charge in [-0.05, 0) is 18.8 Å². The molecule has 0 unspecified atom stereocenters. The standard InChI is InChI=1S/C12H17N3O2/c16-12(11-8-13-6-7-14-11)15-17-9-10-4-2-1-3-5-10/h6-8,10H,1-5,9H2,(H,15,16). The number of aromatic nitrogens is 2. The van der Waals surface area contributed by atoms with Crippen LogP contribution in [0.2, 0.25) is 0 Å². The van der Waals surface area contributed by atoms with Crippen molar-refractivity contribution in [2.24, 2.45) is 5.92 Å². The van der Waals surface area contributed by atoms with Crippen LogP contribution in [-0.4, -0.2) is 22.5 Å². The topological polar surface area (TPSA) is 64.1 Å². The van der Waals surface area contributed by atoms with E-state index in [-0.39, 0.29) is 11.6 Å². The molecule has 0 aliphatic heterocycles. The van der Waals surface area contributed by atoms with E-state index < -0.39 is 0 Å². The van der Waals surface area contributed by atoms with Gasteiger partial charge in [-0.1, -0.05) is 19.3 Å². The van der Waals surface area contributed by atoms with Crippen LogP contribution in [0.4, 0.5) is 0 Å². The molecule has 0 radical (unpaired) electrons. The highest BCUT2D eigenvalue weighted by Gasteiger charge is 2.14. The summed E-state index contributed by atoms with van der Waals surface area (Å²) < 4.78 is 0. The molecule has 17 heavy (non-hydrogen) atoms. The first kappa shape index (κ1) is 12.0. The minimum absolute atomic E-state index is 0.274. The van der Waals surface area contributed by atoms with Gasteiger partial charge < -0.3 is 0 Å². The van der Waals surface area contributed by atoms with Crippen molar-refractivity contribution in [2.75, 3.05) is 6.61 Å². The third-order valence-corrected chi connectivity index (χ3v) is 3.00. The predicted octanol–water partition coefficient (Wildman–Crippen LogP) is 1.72. The molecule has 5 nitrogen and oxygen atoms in total. The van der Waals surface area contributed by atoms with Gasteiger partial charge in [0.05, 0.1) is 12.8 Å². The Balaban J connectivity index is 1.69. The van der Waals surface area contributed by atoms with Crippen molar-refractivity contribution in [2.45, 2.75) is 32.1 Å². The lowest BCUT2D eigenvalue weighted by atomic mass is 9.90. The van der Waals surface area contributed by atoms with E-state index in [1.54, 1.807) is 0 Å². The van der Waals surface area contributed by atoms with Crippen molar-refractivity contribution in [3.8, 4) is 0 Å². The summed E-state index contributed by atoms with van der Waals surface area (Å²) in [7, 11) is 0. The highest BCUT2D eigenvalue weighted by atomic mass is 16.7. The number of nitrogens with one attached hydrogen (secondary N) is 1. The zero-order valence-electron chi connectivity index (χ0n) is 9.76. The van der Waals surface area contributed by atoms with Crippen LogP contribution < -0.4 is 5.48 Å². The van der Waals surface area contributed by atoms with Gasteiger partial charge in [-0.15, -0.1) is 0 Å². The second-order valence-corrected chi connectivity index (χ2v) is 4.34. The summed E-state index contributed by atoms with van der Waals surface area (Å²) in [5, 5.41) is 0. The third-order valence-electron chi connectivity index (χ3n) is 3.00. The second kappa shape index (κ2) is 6.30. The number of amides is 1. The first-order valence-electron chi connectivity index (χ1n) is 6.04. The molecular formula is C12H17N3O2. The number of nitrogens with zero attached hydrogens (tertiary/aromatic N) is 2. The quantitative estimate of drug-likeness (QED) is 0.807. The number of rotatable bonds is 4. The molecule has 0 atom stereocenters. The molecule has 1 heterocycles. The van der Waals surface area contributed by atoms with Gasteiger partial charge in [0.15, 0.2) is 0 Å². The summed E-state index contributed by atoms with van der Waals surface area (Å²) in [4.78, 5) is 24.5. The van der Waals surface area contributed by atoms with Crippen LogP contribution in [0, 0.1) is 5.92 Å². The summed E-state index contributed by atoms with van der Waals surface area (Å²) in [5.74, 6) is 0.236. The Morgan fingerprint density at radius 3 is 2.88 bits per heavy atom. The molecule has 1 aliphatic carbocycles. The Morgan fingerprint density at radius 1 is 1.35 bits per heavy atom. The minimum Gasteiger partial charge on any atom is -0.273 e. The first-order valence-corrected chi connectivity index (χ1v) is 6.04. The lowest BCUT2D eigenvalue weighted by Crippen LogP contribution is -2.28. The van der Waals surface area contributed by atoms with E-state index in [2.05, 4.69) is 15.4 Å². The van der Waals surface area contributed by atoms with Gasteiger partial charge >= 0.3 is 0 Å². The van der Waals surface area contributed by atoms with E-state index in [9.17, 15) is 4.79 Å². The zero-order valence-corrected chi connectivity index (χ0v) is 9.76. The van der Waals surface area contributed by atoms with Gasteiger partial charge in [-0.25, -0.2) is 10.5 Å². The monoisotopic (exact) mass is 235 g/mol. The number of hydrogen-bond donors (Lipinski definition) is 1. The molecule has 5 heteroatoms. The fourth-order valence-electron chi connectivity index (χ4n) is 2.05. The maximum atomic E-state index is 11.5. The number of hydrogen-bond acceptors (Lipinski definition) is 4. The lowest BCUT2D eigenvalue weighted by Gasteiger charge is -2.20. The van der Waals surface area contributed by atoms with Crippen molar-refractivity contribution in [3.05, 3.63) is 24.3 Å². The molecule has 92 valence electrons. The average molecular weight is 235 g/mol. The average Bonchev–Trinajstić information content (AvgIpc) is 2.41. The third kappa shape index (κ3) is 3.78. The molecule has 1 aromatic rings. The normalized spacial score (nSPS) is 16.7. The van der Waals surface area contributed by atoms with Crippen molar-refractivity contribution in [3.63, 3.8) is 0 Å². The van der Waals surface area contributed by atoms with Crippen molar-refractivity contribution >= 4 is 5.91 Å². The maximum Gasteiger partial charge on any atom is 0.295 e. The fraction of sp³-hybridized carbons (Fsp3) is 0.583. The summed E-state index contributed by atoms with van der Waals surface area (Å²) in [5.41, 5.74) is 2.68. The first-order chi connectivity index (χ1) is 8.36. The molecule has 0 saturated heterocycles. The summed E-state index contributed by atoms with van der Waals surface area (Å²) >= 11 is 0. The molecule has 1 saturated carbocycles. The van der Waals surface area contributed by atoms with Gasteiger partial charge in [0.2, 0.25) is 0 Å². The van der Waals surface area contributed by atoms with E-state index >= 15 is 0 Å². The van der Waals surface area contributed by atoms with Crippen LogP contribution in [0.15, 0.2) is 18.6 Å². The van der Waals surface area contributed by atoms with E-state index in [1.165, 1.54) is 50.7 Å². The van der Waals surface area contributed by atoms with Crippen molar-refractivity contribution < 1.29 is 9.63 Å². The molecule has 2 rings (SSSR count). The highest BCUT2D eigenvalue weighted by molar-refractivity contribution is 5.90. The van der Waals surface area contributed by atoms with Gasteiger partial charge in [0.25, 0.3) is 5.91 Å². The van der Waals surface area contributed by atoms with Gasteiger partial charge in [-0.2, -0.15) is 0 Å². The zero-order chi connectivity index (χ0) is 11.9. The predicted molar refractivity (Wildman–Crippen MR) is 62.0 cm³/mol. The Kier molecular flexibility index (Phi) is 4.44. The van der Waals surface area contributed by atoms with E-state index in [1.807, 2.05) is 0 Å². The van der Waals surface area contributed by atoms with Gasteiger partial charge in [0, 0.05) is 12.4 Å². The van der Waals surface area contributed by atoms with E-state index in [0.29, 0.717) is 12.5 Å². The molecule has 1 amide bonds. The molecular weight excluding hydrogens is 218 g/mol. The second-order valence-electron chi connectivity index (χ2n) is 4.34. The van der Waals surface area contributed by atoms with Crippen LogP contribution >= 0.6 is 0 Å². The van der Waals surface area contributed by atoms with Crippen LogP contribution in [0.1, 0.15) is 42.6 Å². The summed E-state index contributed by atoms with van der Waals surface area (Å²) in [6, 6.07) is 0. The minimum atomic E-state index is -0.339. The Labute approximate surface area is 101 Å². The fourth-order valence-corrected chi connectivity index (χ4v) is 2.05. The Morgan fingerprint density at radius 2 is 2.18 bits per heavy atom. The molecule has 0 aromatic carbocycles. The van der Waals surface area contributed by atoms with Crippen LogP contribution in [0.5, 0.6) is 0 Å². The molecule has 1 fully saturated rings. The number of carbonyl (C=O) groups is 1. The smallest absolute Gasteiger partial charge is 0.273 e. The summed E-state index contributed by atoms with van der Waals surface area (Å²) in [6.45, 7) is 0.589. The molecule has 1 aliphatic rings. The number of carbonyl (C=O) groups excluding carboxylic acids is 1. The molecule has 0 bridgehead atoms. The van der Waals surface area contributed by atoms with E-state index in [4.69, 9.17) is 4.84 Å². The number of hydroxylamine groups is 1. The van der Waals surface area contributed by atoms with Crippen LogP contribution in [0.3, 0.4) is 0 Å². The van der Waals surface area contributed by atoms with Crippen LogP contribution in [-0.2, 0) is 4.84 Å². The summed E-state index contributed by atoms with van der Waals surface area (Å²) in [6.07, 6.45) is 10.7. The van der Waals surface area contributed by atoms with Gasteiger partial charge in [-0.3, -0.25) is 14.6 Å². The molecule has 1 N–H and O–H groups in total. The Bertz CT molecular complexity index is 350. The van der Waals surface area contributed by atoms with Crippen molar-refractivity contribution in [1.29, 1.82) is 0 Å². The molecule has 0 spiro atoms.